The average Bonchev–Trinajstić information content (AvgIpc) is 2.49. The van der Waals surface area contributed by atoms with Crippen LogP contribution in [-0.2, 0) is 4.74 Å². The van der Waals surface area contributed by atoms with Gasteiger partial charge in [-0.25, -0.2) is 4.79 Å². The van der Waals surface area contributed by atoms with Crippen LogP contribution in [-0.4, -0.2) is 50.7 Å². The topological polar surface area (TPSA) is 41.6 Å². The average molecular weight is 264 g/mol. The minimum absolute atomic E-state index is 0. The Bertz CT molecular complexity index is 242. The van der Waals surface area contributed by atoms with Crippen molar-refractivity contribution in [2.45, 2.75) is 12.5 Å². The minimum atomic E-state index is -4.78. The number of nitrogens with one attached hydrogen (secondary N) is 1. The number of methoxy groups -OCH3 is 1. The van der Waals surface area contributed by atoms with Crippen LogP contribution < -0.4 is 56.7 Å². The van der Waals surface area contributed by atoms with Crippen molar-refractivity contribution in [3.8, 4) is 0 Å². The quantitative estimate of drug-likeness (QED) is 0.589. The Labute approximate surface area is 135 Å². The number of carbonyl (C=O) groups excluding carboxylic acids is 1. The van der Waals surface area contributed by atoms with Crippen LogP contribution in [0.4, 0.5) is 17.7 Å². The monoisotopic (exact) mass is 264 g/mol. The third kappa shape index (κ3) is 6.46. The molecular weight excluding hydrogens is 251 g/mol. The fourth-order valence-electron chi connectivity index (χ4n) is 1.63. The number of hydrogen-bond acceptors (Lipinski definition) is 3. The summed E-state index contributed by atoms with van der Waals surface area (Å²) in [6.45, 7) is -4.19. The Morgan fingerprint density at radius 1 is 1.56 bits per heavy atom. The van der Waals surface area contributed by atoms with Crippen molar-refractivity contribution in [3.63, 3.8) is 0 Å². The van der Waals surface area contributed by atoms with Gasteiger partial charge in [0.05, 0.1) is 7.11 Å². The molecule has 1 aliphatic rings. The largest absolute Gasteiger partial charge is 1.00 e. The molecule has 0 aromatic heterocycles. The van der Waals surface area contributed by atoms with Gasteiger partial charge in [-0.05, 0) is 19.4 Å². The molecule has 1 fully saturated rings. The number of amides is 1. The standard InChI is InChI=1S/C7H13BF3N2O2.K/c1-15-7(14)12-6-2-3-13(4-6)5-8(9,10)11;/h6H,2-5H2,1H3,(H,12,14);/q-1;+1. The van der Waals surface area contributed by atoms with Gasteiger partial charge < -0.3 is 27.9 Å². The van der Waals surface area contributed by atoms with Crippen molar-refractivity contribution in [2.24, 2.45) is 0 Å². The van der Waals surface area contributed by atoms with E-state index in [2.05, 4.69) is 10.1 Å². The van der Waals surface area contributed by atoms with Crippen molar-refractivity contribution in [3.05, 3.63) is 0 Å². The molecule has 0 aliphatic carbocycles. The van der Waals surface area contributed by atoms with Gasteiger partial charge in [0.15, 0.2) is 0 Å². The molecule has 0 radical (unpaired) electrons. The molecule has 0 saturated carbocycles. The van der Waals surface area contributed by atoms with E-state index in [-0.39, 0.29) is 64.0 Å². The Hall–Kier alpha value is 0.721. The molecule has 16 heavy (non-hydrogen) atoms. The van der Waals surface area contributed by atoms with Crippen molar-refractivity contribution in [1.82, 2.24) is 10.2 Å². The zero-order valence-corrected chi connectivity index (χ0v) is 12.5. The smallest absolute Gasteiger partial charge is 0.453 e. The van der Waals surface area contributed by atoms with Gasteiger partial charge in [0.2, 0.25) is 0 Å². The first-order chi connectivity index (χ1) is 6.90. The molecule has 0 aromatic rings. The van der Waals surface area contributed by atoms with Crippen molar-refractivity contribution >= 4 is 13.1 Å². The summed E-state index contributed by atoms with van der Waals surface area (Å²) in [5, 5.41) is 2.48. The van der Waals surface area contributed by atoms with Gasteiger partial charge in [-0.2, -0.15) is 0 Å². The van der Waals surface area contributed by atoms with Crippen LogP contribution in [0.15, 0.2) is 0 Å². The van der Waals surface area contributed by atoms with E-state index in [4.69, 9.17) is 0 Å². The zero-order chi connectivity index (χ0) is 11.5. The second-order valence-corrected chi connectivity index (χ2v) is 3.59. The van der Waals surface area contributed by atoms with Crippen LogP contribution in [0.5, 0.6) is 0 Å². The summed E-state index contributed by atoms with van der Waals surface area (Å²) < 4.78 is 40.6. The molecule has 88 valence electrons. The molecule has 1 aliphatic heterocycles. The second kappa shape index (κ2) is 7.22. The van der Waals surface area contributed by atoms with Crippen LogP contribution in [0.25, 0.3) is 0 Å². The van der Waals surface area contributed by atoms with E-state index in [1.807, 2.05) is 0 Å². The van der Waals surface area contributed by atoms with Crippen LogP contribution in [0, 0.1) is 0 Å². The number of alkyl carbamates (subject to hydrolysis) is 1. The third-order valence-corrected chi connectivity index (χ3v) is 2.24. The molecule has 9 heteroatoms. The molecule has 1 N–H and O–H groups in total. The maximum Gasteiger partial charge on any atom is 1.00 e. The second-order valence-electron chi connectivity index (χ2n) is 3.59. The van der Waals surface area contributed by atoms with Gasteiger partial charge in [0.25, 0.3) is 0 Å². The first-order valence-corrected chi connectivity index (χ1v) is 4.68. The number of rotatable bonds is 3. The molecule has 1 atom stereocenters. The number of ether oxygens (including phenoxy) is 1. The van der Waals surface area contributed by atoms with Crippen molar-refractivity contribution in [1.29, 1.82) is 0 Å². The zero-order valence-electron chi connectivity index (χ0n) is 9.38. The van der Waals surface area contributed by atoms with Gasteiger partial charge in [-0.1, -0.05) is 0 Å². The molecule has 0 bridgehead atoms. The Kier molecular flexibility index (Phi) is 7.55. The maximum absolute atomic E-state index is 12.1. The fourth-order valence-corrected chi connectivity index (χ4v) is 1.63. The summed E-state index contributed by atoms with van der Waals surface area (Å²) in [6.07, 6.45) is -0.931. The van der Waals surface area contributed by atoms with Gasteiger partial charge in [-0.3, -0.25) is 0 Å². The molecule has 1 heterocycles. The molecule has 1 saturated heterocycles. The van der Waals surface area contributed by atoms with E-state index in [1.165, 1.54) is 12.0 Å². The predicted octanol–water partition coefficient (Wildman–Crippen LogP) is -2.19. The SMILES string of the molecule is COC(=O)NC1CCN(C[B-](F)(F)F)C1.[K+]. The van der Waals surface area contributed by atoms with Crippen molar-refractivity contribution in [2.75, 3.05) is 26.6 Å². The van der Waals surface area contributed by atoms with E-state index >= 15 is 0 Å². The minimum Gasteiger partial charge on any atom is -0.453 e. The number of nitrogens with zero attached hydrogens (tertiary/aromatic N) is 1. The summed E-state index contributed by atoms with van der Waals surface area (Å²) in [5.41, 5.74) is 0. The number of likely N-dealkylation sites (tertiary alicyclic amines) is 1. The Balaban J connectivity index is 0.00000225. The van der Waals surface area contributed by atoms with E-state index < -0.39 is 19.5 Å². The first kappa shape index (κ1) is 16.7. The number of hydrogen-bond donors (Lipinski definition) is 1. The predicted molar refractivity (Wildman–Crippen MR) is 49.5 cm³/mol. The summed E-state index contributed by atoms with van der Waals surface area (Å²) in [7, 11) is 1.22. The summed E-state index contributed by atoms with van der Waals surface area (Å²) in [5.74, 6) is 0. The Morgan fingerprint density at radius 3 is 2.69 bits per heavy atom. The molecule has 4 nitrogen and oxygen atoms in total. The number of carbonyl (C=O) groups is 1. The maximum atomic E-state index is 12.1. The summed E-state index contributed by atoms with van der Waals surface area (Å²) in [6, 6.07) is -0.240. The molecule has 1 rings (SSSR count). The molecule has 0 spiro atoms. The summed E-state index contributed by atoms with van der Waals surface area (Å²) in [4.78, 5) is 12.1. The van der Waals surface area contributed by atoms with E-state index in [0.717, 1.165) is 0 Å². The molecular formula is C7H13BF3KN2O2. The fraction of sp³-hybridized carbons (Fsp3) is 0.857. The molecule has 1 amide bonds. The van der Waals surface area contributed by atoms with E-state index in [1.54, 1.807) is 0 Å². The van der Waals surface area contributed by atoms with Gasteiger partial charge >= 0.3 is 64.5 Å². The van der Waals surface area contributed by atoms with E-state index in [0.29, 0.717) is 13.0 Å². The Morgan fingerprint density at radius 2 is 2.19 bits per heavy atom. The van der Waals surface area contributed by atoms with Gasteiger partial charge in [0, 0.05) is 12.6 Å². The summed E-state index contributed by atoms with van der Waals surface area (Å²) >= 11 is 0. The van der Waals surface area contributed by atoms with Crippen LogP contribution in [0.3, 0.4) is 0 Å². The number of halogens is 3. The van der Waals surface area contributed by atoms with Crippen LogP contribution in [0.1, 0.15) is 6.42 Å². The molecule has 0 aromatic carbocycles. The van der Waals surface area contributed by atoms with Crippen LogP contribution in [0.2, 0.25) is 0 Å². The van der Waals surface area contributed by atoms with Gasteiger partial charge in [-0.15, -0.1) is 0 Å². The van der Waals surface area contributed by atoms with Crippen LogP contribution >= 0.6 is 0 Å². The third-order valence-electron chi connectivity index (χ3n) is 2.24. The normalized spacial score (nSPS) is 21.4. The first-order valence-electron chi connectivity index (χ1n) is 4.68. The molecule has 1 unspecified atom stereocenters. The van der Waals surface area contributed by atoms with E-state index in [9.17, 15) is 17.7 Å². The van der Waals surface area contributed by atoms with Gasteiger partial charge in [0.1, 0.15) is 0 Å². The van der Waals surface area contributed by atoms with Crippen molar-refractivity contribution < 1.29 is 73.9 Å².